The van der Waals surface area contributed by atoms with Crippen LogP contribution in [-0.4, -0.2) is 12.0 Å². The Kier molecular flexibility index (Phi) is 3.30. The van der Waals surface area contributed by atoms with Gasteiger partial charge >= 0.3 is 0 Å². The smallest absolute Gasteiger partial charge is 0.148 e. The van der Waals surface area contributed by atoms with Crippen molar-refractivity contribution < 1.29 is 9.18 Å². The lowest BCUT2D eigenvalue weighted by molar-refractivity contribution is -0.120. The summed E-state index contributed by atoms with van der Waals surface area (Å²) in [6.45, 7) is 0. The van der Waals surface area contributed by atoms with Crippen LogP contribution in [0.2, 0.25) is 0 Å². The Labute approximate surface area is 133 Å². The zero-order valence-electron chi connectivity index (χ0n) is 12.4. The van der Waals surface area contributed by atoms with E-state index in [2.05, 4.69) is 16.4 Å². The Balaban J connectivity index is 1.73. The van der Waals surface area contributed by atoms with Gasteiger partial charge in [0, 0.05) is 24.3 Å². The van der Waals surface area contributed by atoms with Gasteiger partial charge in [-0.1, -0.05) is 30.3 Å². The number of hydrogen-bond acceptors (Lipinski definition) is 3. The van der Waals surface area contributed by atoms with Crippen LogP contribution in [0, 0.1) is 11.7 Å². The number of nitrogens with one attached hydrogen (secondary N) is 1. The van der Waals surface area contributed by atoms with Gasteiger partial charge in [0.25, 0.3) is 0 Å². The first-order chi connectivity index (χ1) is 11.2. The first-order valence-corrected chi connectivity index (χ1v) is 7.61. The number of para-hydroxylation sites is 2. The number of allylic oxidation sites excluding steroid dienone is 2. The molecule has 2 atom stereocenters. The fourth-order valence-corrected chi connectivity index (χ4v) is 3.11. The molecular formula is C19H15FN2O. The topological polar surface area (TPSA) is 41.5 Å². The highest BCUT2D eigenvalue weighted by molar-refractivity contribution is 6.02. The number of carbonyl (C=O) groups is 1. The SMILES string of the molecule is O=C1C[C@H](c2ccc(F)cc2)C=C2Nc3ccccc3N=C[C@@H]12. The van der Waals surface area contributed by atoms with Gasteiger partial charge in [-0.2, -0.15) is 0 Å². The van der Waals surface area contributed by atoms with Crippen molar-refractivity contribution in [1.29, 1.82) is 0 Å². The van der Waals surface area contributed by atoms with Gasteiger partial charge in [0.15, 0.2) is 0 Å². The number of hydrogen-bond donors (Lipinski definition) is 1. The third kappa shape index (κ3) is 2.57. The number of ketones is 1. The van der Waals surface area contributed by atoms with Gasteiger partial charge < -0.3 is 5.32 Å². The molecule has 2 aromatic rings. The molecular weight excluding hydrogens is 291 g/mol. The summed E-state index contributed by atoms with van der Waals surface area (Å²) in [6, 6.07) is 14.1. The Hall–Kier alpha value is -2.75. The van der Waals surface area contributed by atoms with Crippen LogP contribution in [0.4, 0.5) is 15.8 Å². The Morgan fingerprint density at radius 1 is 1.09 bits per heavy atom. The summed E-state index contributed by atoms with van der Waals surface area (Å²) in [5.41, 5.74) is 3.52. The van der Waals surface area contributed by atoms with Gasteiger partial charge in [-0.05, 0) is 29.8 Å². The maximum Gasteiger partial charge on any atom is 0.148 e. The molecule has 0 aromatic heterocycles. The van der Waals surface area contributed by atoms with Crippen molar-refractivity contribution in [3.8, 4) is 0 Å². The summed E-state index contributed by atoms with van der Waals surface area (Å²) in [5, 5.41) is 3.34. The number of rotatable bonds is 1. The van der Waals surface area contributed by atoms with E-state index in [1.165, 1.54) is 12.1 Å². The van der Waals surface area contributed by atoms with Gasteiger partial charge in [0.2, 0.25) is 0 Å². The average molecular weight is 306 g/mol. The summed E-state index contributed by atoms with van der Waals surface area (Å²) in [6.07, 6.45) is 4.19. The van der Waals surface area contributed by atoms with Crippen molar-refractivity contribution in [3.05, 3.63) is 71.7 Å². The van der Waals surface area contributed by atoms with E-state index >= 15 is 0 Å². The normalized spacial score (nSPS) is 22.5. The highest BCUT2D eigenvalue weighted by Gasteiger charge is 2.31. The predicted octanol–water partition coefficient (Wildman–Crippen LogP) is 4.21. The van der Waals surface area contributed by atoms with Crippen molar-refractivity contribution in [2.24, 2.45) is 10.9 Å². The molecule has 2 aliphatic rings. The van der Waals surface area contributed by atoms with Crippen molar-refractivity contribution in [2.45, 2.75) is 12.3 Å². The Morgan fingerprint density at radius 2 is 1.87 bits per heavy atom. The molecule has 0 saturated carbocycles. The first-order valence-electron chi connectivity index (χ1n) is 7.61. The molecule has 0 bridgehead atoms. The molecule has 1 aliphatic heterocycles. The summed E-state index contributed by atoms with van der Waals surface area (Å²) < 4.78 is 13.1. The minimum atomic E-state index is -0.334. The molecule has 0 amide bonds. The van der Waals surface area contributed by atoms with Crippen molar-refractivity contribution in [2.75, 3.05) is 5.32 Å². The lowest BCUT2D eigenvalue weighted by Gasteiger charge is -2.25. The number of Topliss-reactive ketones (excluding diaryl/α,β-unsaturated/α-hetero) is 1. The van der Waals surface area contributed by atoms with Crippen molar-refractivity contribution >= 4 is 23.4 Å². The van der Waals surface area contributed by atoms with Crippen LogP contribution in [0.5, 0.6) is 0 Å². The lowest BCUT2D eigenvalue weighted by Crippen LogP contribution is -2.28. The maximum atomic E-state index is 13.1. The zero-order chi connectivity index (χ0) is 15.8. The number of halogens is 1. The van der Waals surface area contributed by atoms with E-state index in [4.69, 9.17) is 0 Å². The number of fused-ring (bicyclic) bond motifs is 2. The monoisotopic (exact) mass is 306 g/mol. The van der Waals surface area contributed by atoms with Crippen LogP contribution >= 0.6 is 0 Å². The van der Waals surface area contributed by atoms with Gasteiger partial charge in [-0.15, -0.1) is 0 Å². The highest BCUT2D eigenvalue weighted by atomic mass is 19.1. The molecule has 0 radical (unpaired) electrons. The van der Waals surface area contributed by atoms with Crippen molar-refractivity contribution in [3.63, 3.8) is 0 Å². The molecule has 0 fully saturated rings. The standard InChI is InChI=1S/C19H15FN2O/c20-14-7-5-12(6-8-14)13-9-18-15(19(23)10-13)11-21-16-3-1-2-4-17(16)22-18/h1-9,11,13,15,22H,10H2/t13-,15-/m1/s1. The summed E-state index contributed by atoms with van der Waals surface area (Å²) in [7, 11) is 0. The highest BCUT2D eigenvalue weighted by Crippen LogP contribution is 2.36. The molecule has 3 nitrogen and oxygen atoms in total. The number of anilines is 1. The molecule has 0 saturated heterocycles. The Bertz CT molecular complexity index is 824. The van der Waals surface area contributed by atoms with Gasteiger partial charge in [0.1, 0.15) is 11.6 Å². The predicted molar refractivity (Wildman–Crippen MR) is 88.6 cm³/mol. The van der Waals surface area contributed by atoms with Crippen LogP contribution < -0.4 is 5.32 Å². The molecule has 0 unspecified atom stereocenters. The molecule has 1 heterocycles. The maximum absolute atomic E-state index is 13.1. The third-order valence-corrected chi connectivity index (χ3v) is 4.33. The largest absolute Gasteiger partial charge is 0.356 e. The molecule has 0 spiro atoms. The molecule has 2 aromatic carbocycles. The van der Waals surface area contributed by atoms with E-state index < -0.39 is 0 Å². The van der Waals surface area contributed by atoms with Crippen LogP contribution in [0.1, 0.15) is 17.9 Å². The van der Waals surface area contributed by atoms with E-state index in [1.54, 1.807) is 18.3 Å². The fraction of sp³-hybridized carbons (Fsp3) is 0.158. The second kappa shape index (κ2) is 5.47. The zero-order valence-corrected chi connectivity index (χ0v) is 12.4. The van der Waals surface area contributed by atoms with Crippen LogP contribution in [0.15, 0.2) is 65.3 Å². The van der Waals surface area contributed by atoms with E-state index in [9.17, 15) is 9.18 Å². The summed E-state index contributed by atoms with van der Waals surface area (Å²) in [4.78, 5) is 17.0. The lowest BCUT2D eigenvalue weighted by atomic mass is 9.81. The Morgan fingerprint density at radius 3 is 2.70 bits per heavy atom. The van der Waals surface area contributed by atoms with Gasteiger partial charge in [0.05, 0.1) is 17.3 Å². The average Bonchev–Trinajstić information content (AvgIpc) is 2.74. The minimum absolute atomic E-state index is 0.0412. The molecule has 114 valence electrons. The second-order valence-corrected chi connectivity index (χ2v) is 5.85. The van der Waals surface area contributed by atoms with Crippen molar-refractivity contribution in [1.82, 2.24) is 0 Å². The minimum Gasteiger partial charge on any atom is -0.356 e. The molecule has 23 heavy (non-hydrogen) atoms. The third-order valence-electron chi connectivity index (χ3n) is 4.33. The number of benzene rings is 2. The number of nitrogens with zero attached hydrogens (tertiary/aromatic N) is 1. The second-order valence-electron chi connectivity index (χ2n) is 5.85. The fourth-order valence-electron chi connectivity index (χ4n) is 3.11. The summed E-state index contributed by atoms with van der Waals surface area (Å²) >= 11 is 0. The van der Waals surface area contributed by atoms with E-state index in [-0.39, 0.29) is 23.4 Å². The van der Waals surface area contributed by atoms with Crippen LogP contribution in [0.25, 0.3) is 0 Å². The van der Waals surface area contributed by atoms with E-state index in [0.29, 0.717) is 6.42 Å². The first kappa shape index (κ1) is 13.9. The van der Waals surface area contributed by atoms with E-state index in [1.807, 2.05) is 24.3 Å². The quantitative estimate of drug-likeness (QED) is 0.857. The summed E-state index contributed by atoms with van der Waals surface area (Å²) in [5.74, 6) is -0.518. The van der Waals surface area contributed by atoms with Crippen LogP contribution in [-0.2, 0) is 4.79 Å². The van der Waals surface area contributed by atoms with Gasteiger partial charge in [-0.3, -0.25) is 9.79 Å². The van der Waals surface area contributed by atoms with Crippen LogP contribution in [0.3, 0.4) is 0 Å². The number of carbonyl (C=O) groups excluding carboxylic acids is 1. The van der Waals surface area contributed by atoms with Gasteiger partial charge in [-0.25, -0.2) is 4.39 Å². The number of aliphatic imine (C=N–C) groups is 1. The molecule has 4 rings (SSSR count). The van der Waals surface area contributed by atoms with E-state index in [0.717, 1.165) is 22.6 Å². The molecule has 1 N–H and O–H groups in total. The molecule has 1 aliphatic carbocycles. The molecule has 4 heteroatoms.